The number of methoxy groups -OCH3 is 1. The van der Waals surface area contributed by atoms with Crippen molar-refractivity contribution in [3.05, 3.63) is 21.6 Å². The molecule has 2 N–H and O–H groups in total. The maximum absolute atomic E-state index is 12.2. The fraction of sp³-hybridized carbons (Fsp3) is 0.692. The number of hydrogen-bond acceptors (Lipinski definition) is 5. The fourth-order valence-corrected chi connectivity index (χ4v) is 2.88. The molecule has 1 saturated heterocycles. The first kappa shape index (κ1) is 15.3. The zero-order valence-electron chi connectivity index (χ0n) is 11.9. The van der Waals surface area contributed by atoms with Crippen LogP contribution in [0.25, 0.3) is 0 Å². The number of nitrogens with zero attached hydrogens (tertiary/aromatic N) is 3. The second-order valence-corrected chi connectivity index (χ2v) is 5.75. The lowest BCUT2D eigenvalue weighted by Crippen LogP contribution is -2.47. The monoisotopic (exact) mass is 300 g/mol. The van der Waals surface area contributed by atoms with Crippen molar-refractivity contribution in [2.45, 2.75) is 25.9 Å². The molecule has 1 aliphatic rings. The van der Waals surface area contributed by atoms with E-state index in [4.69, 9.17) is 22.1 Å². The molecule has 1 aliphatic heterocycles. The topological polar surface area (TPSA) is 73.4 Å². The SMILES string of the molecule is COCCn1ncc(N2CC(C)CC(N)C2)c(Cl)c1=O. The average molecular weight is 301 g/mol. The van der Waals surface area contributed by atoms with Gasteiger partial charge in [-0.15, -0.1) is 0 Å². The minimum atomic E-state index is -0.284. The van der Waals surface area contributed by atoms with Crippen LogP contribution in [0.5, 0.6) is 0 Å². The second kappa shape index (κ2) is 6.56. The molecular weight excluding hydrogens is 280 g/mol. The van der Waals surface area contributed by atoms with Gasteiger partial charge in [0, 0.05) is 26.2 Å². The summed E-state index contributed by atoms with van der Waals surface area (Å²) in [5.41, 5.74) is 6.42. The van der Waals surface area contributed by atoms with Crippen LogP contribution in [0.15, 0.2) is 11.0 Å². The molecule has 2 heterocycles. The predicted octanol–water partition coefficient (Wildman–Crippen LogP) is 0.717. The lowest BCUT2D eigenvalue weighted by Gasteiger charge is -2.36. The summed E-state index contributed by atoms with van der Waals surface area (Å²) in [6.45, 7) is 4.51. The third-order valence-electron chi connectivity index (χ3n) is 3.51. The van der Waals surface area contributed by atoms with Crippen molar-refractivity contribution >= 4 is 17.3 Å². The molecule has 0 amide bonds. The molecule has 1 aromatic heterocycles. The normalized spacial score (nSPS) is 23.1. The molecule has 7 heteroatoms. The summed E-state index contributed by atoms with van der Waals surface area (Å²) in [6.07, 6.45) is 2.64. The Kier molecular flexibility index (Phi) is 5.01. The first-order valence-corrected chi connectivity index (χ1v) is 7.15. The molecule has 2 rings (SSSR count). The van der Waals surface area contributed by atoms with Crippen LogP contribution in [0.2, 0.25) is 5.02 Å². The molecule has 0 radical (unpaired) electrons. The number of ether oxygens (including phenoxy) is 1. The van der Waals surface area contributed by atoms with Gasteiger partial charge in [-0.25, -0.2) is 4.68 Å². The molecule has 0 spiro atoms. The van der Waals surface area contributed by atoms with E-state index < -0.39 is 0 Å². The van der Waals surface area contributed by atoms with Crippen LogP contribution in [0.1, 0.15) is 13.3 Å². The van der Waals surface area contributed by atoms with Gasteiger partial charge in [-0.05, 0) is 12.3 Å². The van der Waals surface area contributed by atoms with Crippen molar-refractivity contribution in [3.8, 4) is 0 Å². The van der Waals surface area contributed by atoms with Gasteiger partial charge in [-0.2, -0.15) is 5.10 Å². The molecule has 20 heavy (non-hydrogen) atoms. The van der Waals surface area contributed by atoms with E-state index in [0.29, 0.717) is 31.3 Å². The van der Waals surface area contributed by atoms with Crippen LogP contribution in [-0.2, 0) is 11.3 Å². The van der Waals surface area contributed by atoms with Crippen molar-refractivity contribution < 1.29 is 4.74 Å². The van der Waals surface area contributed by atoms with Crippen molar-refractivity contribution in [2.75, 3.05) is 31.7 Å². The number of hydrogen-bond donors (Lipinski definition) is 1. The van der Waals surface area contributed by atoms with Gasteiger partial charge in [-0.3, -0.25) is 4.79 Å². The standard InChI is InChI=1S/C13H21ClN4O2/c1-9-5-10(15)8-17(7-9)11-6-16-18(3-4-20-2)13(19)12(11)14/h6,9-10H,3-5,7-8,15H2,1-2H3. The maximum atomic E-state index is 12.2. The minimum Gasteiger partial charge on any atom is -0.383 e. The van der Waals surface area contributed by atoms with Gasteiger partial charge in [-0.1, -0.05) is 18.5 Å². The predicted molar refractivity (Wildman–Crippen MR) is 79.4 cm³/mol. The van der Waals surface area contributed by atoms with E-state index in [2.05, 4.69) is 16.9 Å². The number of piperidine rings is 1. The third kappa shape index (κ3) is 3.31. The first-order chi connectivity index (χ1) is 9.52. The zero-order chi connectivity index (χ0) is 14.7. The molecule has 1 aromatic rings. The number of anilines is 1. The summed E-state index contributed by atoms with van der Waals surface area (Å²) < 4.78 is 6.27. The summed E-state index contributed by atoms with van der Waals surface area (Å²) in [7, 11) is 1.58. The van der Waals surface area contributed by atoms with Gasteiger partial charge >= 0.3 is 0 Å². The molecule has 0 aliphatic carbocycles. The van der Waals surface area contributed by atoms with Gasteiger partial charge in [0.2, 0.25) is 0 Å². The third-order valence-corrected chi connectivity index (χ3v) is 3.86. The highest BCUT2D eigenvalue weighted by atomic mass is 35.5. The number of nitrogens with two attached hydrogens (primary N) is 1. The summed E-state index contributed by atoms with van der Waals surface area (Å²) in [5, 5.41) is 4.37. The minimum absolute atomic E-state index is 0.103. The Balaban J connectivity index is 2.24. The quantitative estimate of drug-likeness (QED) is 0.887. The summed E-state index contributed by atoms with van der Waals surface area (Å²) in [6, 6.07) is 0.103. The van der Waals surface area contributed by atoms with Gasteiger partial charge in [0.05, 0.1) is 25.0 Å². The Morgan fingerprint density at radius 1 is 1.55 bits per heavy atom. The molecule has 0 bridgehead atoms. The van der Waals surface area contributed by atoms with Crippen LogP contribution in [0.3, 0.4) is 0 Å². The van der Waals surface area contributed by atoms with E-state index in [1.165, 1.54) is 4.68 Å². The van der Waals surface area contributed by atoms with Crippen LogP contribution in [0, 0.1) is 5.92 Å². The largest absolute Gasteiger partial charge is 0.383 e. The summed E-state index contributed by atoms with van der Waals surface area (Å²) in [4.78, 5) is 14.2. The van der Waals surface area contributed by atoms with Crippen LogP contribution >= 0.6 is 11.6 Å². The van der Waals surface area contributed by atoms with Crippen LogP contribution in [0.4, 0.5) is 5.69 Å². The molecule has 112 valence electrons. The zero-order valence-corrected chi connectivity index (χ0v) is 12.6. The van der Waals surface area contributed by atoms with E-state index >= 15 is 0 Å². The summed E-state index contributed by atoms with van der Waals surface area (Å²) in [5.74, 6) is 0.478. The van der Waals surface area contributed by atoms with E-state index in [0.717, 1.165) is 13.0 Å². The van der Waals surface area contributed by atoms with Crippen molar-refractivity contribution in [1.29, 1.82) is 0 Å². The van der Waals surface area contributed by atoms with Gasteiger partial charge in [0.1, 0.15) is 5.02 Å². The molecule has 2 atom stereocenters. The van der Waals surface area contributed by atoms with Crippen LogP contribution in [-0.4, -0.2) is 42.6 Å². The molecule has 2 unspecified atom stereocenters. The lowest BCUT2D eigenvalue weighted by atomic mass is 9.96. The molecule has 6 nitrogen and oxygen atoms in total. The molecule has 0 saturated carbocycles. The Labute approximate surface area is 123 Å². The van der Waals surface area contributed by atoms with E-state index in [-0.39, 0.29) is 16.6 Å². The average Bonchev–Trinajstić information content (AvgIpc) is 2.39. The Bertz CT molecular complexity index is 510. The Morgan fingerprint density at radius 2 is 2.30 bits per heavy atom. The highest BCUT2D eigenvalue weighted by molar-refractivity contribution is 6.33. The van der Waals surface area contributed by atoms with E-state index in [1.807, 2.05) is 0 Å². The Morgan fingerprint density at radius 3 is 2.95 bits per heavy atom. The van der Waals surface area contributed by atoms with Gasteiger partial charge in [0.15, 0.2) is 0 Å². The highest BCUT2D eigenvalue weighted by Gasteiger charge is 2.25. The lowest BCUT2D eigenvalue weighted by molar-refractivity contribution is 0.182. The Hall–Kier alpha value is -1.11. The van der Waals surface area contributed by atoms with Crippen molar-refractivity contribution in [1.82, 2.24) is 9.78 Å². The van der Waals surface area contributed by atoms with Crippen molar-refractivity contribution in [2.24, 2.45) is 11.7 Å². The number of halogens is 1. The number of aromatic nitrogens is 2. The second-order valence-electron chi connectivity index (χ2n) is 5.37. The first-order valence-electron chi connectivity index (χ1n) is 6.78. The van der Waals surface area contributed by atoms with Crippen LogP contribution < -0.4 is 16.2 Å². The molecular formula is C13H21ClN4O2. The highest BCUT2D eigenvalue weighted by Crippen LogP contribution is 2.26. The van der Waals surface area contributed by atoms with E-state index in [9.17, 15) is 4.79 Å². The molecule has 0 aromatic carbocycles. The van der Waals surface area contributed by atoms with Gasteiger partial charge in [0.25, 0.3) is 5.56 Å². The number of rotatable bonds is 4. The smallest absolute Gasteiger partial charge is 0.287 e. The van der Waals surface area contributed by atoms with E-state index in [1.54, 1.807) is 13.3 Å². The summed E-state index contributed by atoms with van der Waals surface area (Å²) >= 11 is 6.21. The fourth-order valence-electron chi connectivity index (χ4n) is 2.61. The van der Waals surface area contributed by atoms with Crippen molar-refractivity contribution in [3.63, 3.8) is 0 Å². The molecule has 1 fully saturated rings. The maximum Gasteiger partial charge on any atom is 0.287 e. The van der Waals surface area contributed by atoms with Gasteiger partial charge < -0.3 is 15.4 Å².